The fourth-order valence-electron chi connectivity index (χ4n) is 3.98. The fourth-order valence-corrected chi connectivity index (χ4v) is 3.98. The van der Waals surface area contributed by atoms with E-state index in [1.165, 1.54) is 0 Å². The van der Waals surface area contributed by atoms with Crippen molar-refractivity contribution in [2.24, 2.45) is 7.05 Å². The molecule has 1 aromatic carbocycles. The number of nitrogens with zero attached hydrogens (tertiary/aromatic N) is 4. The highest BCUT2D eigenvalue weighted by molar-refractivity contribution is 5.96. The molecule has 0 fully saturated rings. The molecule has 2 N–H and O–H groups in total. The van der Waals surface area contributed by atoms with Crippen molar-refractivity contribution in [1.82, 2.24) is 20.1 Å². The number of nitrogens with one attached hydrogen (secondary N) is 2. The molecular weight excluding hydrogens is 424 g/mol. The lowest BCUT2D eigenvalue weighted by molar-refractivity contribution is -0.117. The Balaban J connectivity index is 1.44. The summed E-state index contributed by atoms with van der Waals surface area (Å²) in [4.78, 5) is 17.6. The predicted molar refractivity (Wildman–Crippen MR) is 133 cm³/mol. The topological polar surface area (TPSA) is 95.6 Å². The average molecular weight is 453 g/mol. The van der Waals surface area contributed by atoms with Crippen LogP contribution >= 0.6 is 0 Å². The van der Waals surface area contributed by atoms with Gasteiger partial charge in [0.1, 0.15) is 11.9 Å². The molecule has 0 aliphatic heterocycles. The van der Waals surface area contributed by atoms with Crippen LogP contribution in [0.1, 0.15) is 29.5 Å². The zero-order chi connectivity index (χ0) is 23.9. The number of hydrogen-bond acceptors (Lipinski definition) is 5. The van der Waals surface area contributed by atoms with Crippen LogP contribution in [0.15, 0.2) is 72.7 Å². The summed E-state index contributed by atoms with van der Waals surface area (Å²) in [6.07, 6.45) is 14.2. The first kappa shape index (κ1) is 23.1. The number of anilines is 1. The minimum Gasteiger partial charge on any atom is -0.309 e. The molecule has 2 aromatic heterocycles. The van der Waals surface area contributed by atoms with Crippen molar-refractivity contribution in [2.75, 3.05) is 11.9 Å². The van der Waals surface area contributed by atoms with E-state index in [2.05, 4.69) is 38.9 Å². The molecule has 4 rings (SSSR count). The normalized spacial score (nSPS) is 13.7. The summed E-state index contributed by atoms with van der Waals surface area (Å²) in [6, 6.07) is 11.4. The van der Waals surface area contributed by atoms with Gasteiger partial charge in [0, 0.05) is 37.1 Å². The second kappa shape index (κ2) is 10.7. The third kappa shape index (κ3) is 5.66. The molecule has 0 saturated carbocycles. The number of aromatic nitrogens is 3. The van der Waals surface area contributed by atoms with E-state index < -0.39 is 6.04 Å². The van der Waals surface area contributed by atoms with E-state index in [0.29, 0.717) is 24.3 Å². The Hall–Kier alpha value is -4.02. The minimum absolute atomic E-state index is 0.163. The minimum atomic E-state index is -0.507. The third-order valence-corrected chi connectivity index (χ3v) is 5.80. The van der Waals surface area contributed by atoms with E-state index in [1.54, 1.807) is 23.1 Å². The molecule has 172 valence electrons. The van der Waals surface area contributed by atoms with Gasteiger partial charge >= 0.3 is 0 Å². The van der Waals surface area contributed by atoms with E-state index in [4.69, 9.17) is 0 Å². The molecule has 3 aromatic rings. The molecule has 0 spiro atoms. The number of carbonyl (C=O) groups is 1. The lowest BCUT2D eigenvalue weighted by Crippen LogP contribution is -2.43. The molecule has 0 radical (unpaired) electrons. The predicted octanol–water partition coefficient (Wildman–Crippen LogP) is 4.08. The zero-order valence-corrected chi connectivity index (χ0v) is 19.5. The van der Waals surface area contributed by atoms with Crippen LogP contribution < -0.4 is 10.6 Å². The van der Waals surface area contributed by atoms with Crippen LogP contribution in [-0.2, 0) is 18.3 Å². The van der Waals surface area contributed by atoms with E-state index in [9.17, 15) is 10.1 Å². The van der Waals surface area contributed by atoms with E-state index in [0.717, 1.165) is 40.7 Å². The maximum absolute atomic E-state index is 13.2. The van der Waals surface area contributed by atoms with Gasteiger partial charge in [0.05, 0.1) is 17.8 Å². The molecule has 1 aliphatic carbocycles. The highest BCUT2D eigenvalue weighted by Gasteiger charge is 2.22. The Labute approximate surface area is 199 Å². The van der Waals surface area contributed by atoms with Gasteiger partial charge in [-0.05, 0) is 61.1 Å². The van der Waals surface area contributed by atoms with E-state index >= 15 is 0 Å². The van der Waals surface area contributed by atoms with Gasteiger partial charge in [-0.15, -0.1) is 0 Å². The van der Waals surface area contributed by atoms with Gasteiger partial charge in [-0.3, -0.25) is 9.48 Å². The fraction of sp³-hybridized carbons (Fsp3) is 0.259. The van der Waals surface area contributed by atoms with Crippen LogP contribution in [-0.4, -0.2) is 33.3 Å². The van der Waals surface area contributed by atoms with Gasteiger partial charge in [0.15, 0.2) is 0 Å². The number of pyridine rings is 1. The summed E-state index contributed by atoms with van der Waals surface area (Å²) < 4.78 is 1.74. The smallest absolute Gasteiger partial charge is 0.247 e. The summed E-state index contributed by atoms with van der Waals surface area (Å²) in [5.41, 5.74) is 5.56. The number of allylic oxidation sites excluding steroid dienone is 2. The molecule has 7 nitrogen and oxygen atoms in total. The number of aryl methyl sites for hydroxylation is 2. The number of carbonyl (C=O) groups excluding carboxylic acids is 1. The van der Waals surface area contributed by atoms with Crippen LogP contribution in [0.3, 0.4) is 0 Å². The highest BCUT2D eigenvalue weighted by Crippen LogP contribution is 2.20. The van der Waals surface area contributed by atoms with Crippen LogP contribution in [0.5, 0.6) is 0 Å². The first-order valence-corrected chi connectivity index (χ1v) is 11.4. The molecule has 1 aliphatic rings. The van der Waals surface area contributed by atoms with Crippen molar-refractivity contribution in [3.8, 4) is 17.2 Å². The van der Waals surface area contributed by atoms with Crippen LogP contribution in [0.4, 0.5) is 5.82 Å². The van der Waals surface area contributed by atoms with Crippen molar-refractivity contribution < 1.29 is 4.79 Å². The maximum Gasteiger partial charge on any atom is 0.247 e. The quantitative estimate of drug-likeness (QED) is 0.537. The van der Waals surface area contributed by atoms with Gasteiger partial charge in [-0.1, -0.05) is 30.4 Å². The third-order valence-electron chi connectivity index (χ3n) is 5.80. The van der Waals surface area contributed by atoms with Crippen molar-refractivity contribution in [3.63, 3.8) is 0 Å². The van der Waals surface area contributed by atoms with Crippen LogP contribution in [0.25, 0.3) is 11.1 Å². The Morgan fingerprint density at radius 2 is 2.09 bits per heavy atom. The Kier molecular flexibility index (Phi) is 7.31. The second-order valence-corrected chi connectivity index (χ2v) is 8.42. The maximum atomic E-state index is 13.2. The molecule has 1 atom stereocenters. The monoisotopic (exact) mass is 452 g/mol. The molecule has 2 heterocycles. The number of rotatable bonds is 8. The standard InChI is InChI=1S/C27H28N6O/c1-19-8-9-20(23(14-19)15-28)12-13-29-26(21-6-4-3-5-7-21)27(34)32-25-11-10-22(16-30-25)24-17-31-33(2)18-24/h4,6-11,14,16-18,26,29H,3,5,12-13H2,1-2H3,(H,30,32,34). The Morgan fingerprint density at radius 1 is 1.21 bits per heavy atom. The van der Waals surface area contributed by atoms with Crippen molar-refractivity contribution in [2.45, 2.75) is 32.2 Å². The summed E-state index contributed by atoms with van der Waals surface area (Å²) in [5, 5.41) is 19.9. The summed E-state index contributed by atoms with van der Waals surface area (Å²) in [5.74, 6) is 0.332. The number of nitriles is 1. The lowest BCUT2D eigenvalue weighted by atomic mass is 9.98. The molecule has 1 unspecified atom stereocenters. The van der Waals surface area contributed by atoms with Gasteiger partial charge in [0.2, 0.25) is 5.91 Å². The Bertz CT molecular complexity index is 1260. The Morgan fingerprint density at radius 3 is 2.76 bits per heavy atom. The first-order chi connectivity index (χ1) is 16.5. The van der Waals surface area contributed by atoms with Gasteiger partial charge in [-0.2, -0.15) is 10.4 Å². The van der Waals surface area contributed by atoms with E-state index in [1.807, 2.05) is 50.5 Å². The molecular formula is C27H28N6O. The molecule has 1 amide bonds. The molecule has 34 heavy (non-hydrogen) atoms. The SMILES string of the molecule is Cc1ccc(CCNC(C(=O)Nc2ccc(-c3cnn(C)c3)cn2)C2=CCCC=C2)c(C#N)c1. The molecule has 0 bridgehead atoms. The highest BCUT2D eigenvalue weighted by atomic mass is 16.2. The van der Waals surface area contributed by atoms with Gasteiger partial charge < -0.3 is 10.6 Å². The van der Waals surface area contributed by atoms with Gasteiger partial charge in [0.25, 0.3) is 0 Å². The van der Waals surface area contributed by atoms with Crippen LogP contribution in [0, 0.1) is 18.3 Å². The number of hydrogen-bond donors (Lipinski definition) is 2. The second-order valence-electron chi connectivity index (χ2n) is 8.42. The first-order valence-electron chi connectivity index (χ1n) is 11.4. The van der Waals surface area contributed by atoms with Crippen LogP contribution in [0.2, 0.25) is 0 Å². The summed E-state index contributed by atoms with van der Waals surface area (Å²) >= 11 is 0. The van der Waals surface area contributed by atoms with Crippen molar-refractivity contribution >= 4 is 11.7 Å². The molecule has 0 saturated heterocycles. The zero-order valence-electron chi connectivity index (χ0n) is 19.5. The van der Waals surface area contributed by atoms with Crippen molar-refractivity contribution in [1.29, 1.82) is 5.26 Å². The largest absolute Gasteiger partial charge is 0.309 e. The van der Waals surface area contributed by atoms with E-state index in [-0.39, 0.29) is 5.91 Å². The molecule has 7 heteroatoms. The lowest BCUT2D eigenvalue weighted by Gasteiger charge is -2.21. The van der Waals surface area contributed by atoms with Crippen molar-refractivity contribution in [3.05, 3.63) is 89.4 Å². The number of benzene rings is 1. The number of amides is 1. The average Bonchev–Trinajstić information content (AvgIpc) is 3.29. The van der Waals surface area contributed by atoms with Gasteiger partial charge in [-0.25, -0.2) is 4.98 Å². The summed E-state index contributed by atoms with van der Waals surface area (Å²) in [7, 11) is 1.87. The summed E-state index contributed by atoms with van der Waals surface area (Å²) in [6.45, 7) is 2.54.